The molecule has 3 saturated heterocycles. The minimum atomic E-state index is -0.605. The van der Waals surface area contributed by atoms with Crippen LogP contribution in [0.1, 0.15) is 86.7 Å². The summed E-state index contributed by atoms with van der Waals surface area (Å²) in [6.07, 6.45) is 10.8. The highest BCUT2D eigenvalue weighted by Gasteiger charge is 2.46. The quantitative estimate of drug-likeness (QED) is 0.210. The molecule has 0 bridgehead atoms. The van der Waals surface area contributed by atoms with Gasteiger partial charge in [0.05, 0.1) is 18.4 Å². The van der Waals surface area contributed by atoms with Crippen molar-refractivity contribution in [3.8, 4) is 0 Å². The topological polar surface area (TPSA) is 171 Å². The van der Waals surface area contributed by atoms with E-state index < -0.39 is 6.04 Å². The van der Waals surface area contributed by atoms with Crippen molar-refractivity contribution in [3.63, 3.8) is 0 Å². The highest BCUT2D eigenvalue weighted by molar-refractivity contribution is 6.33. The number of ether oxygens (including phenoxy) is 3. The zero-order valence-corrected chi connectivity index (χ0v) is 36.9. The number of piperidine rings is 2. The van der Waals surface area contributed by atoms with Gasteiger partial charge in [0.15, 0.2) is 12.4 Å². The molecule has 1 aromatic heterocycles. The maximum atomic E-state index is 13.2. The van der Waals surface area contributed by atoms with E-state index in [1.54, 1.807) is 18.1 Å². The van der Waals surface area contributed by atoms with Crippen molar-refractivity contribution in [2.45, 2.75) is 96.1 Å². The van der Waals surface area contributed by atoms with E-state index in [1.807, 2.05) is 36.4 Å². The third-order valence-electron chi connectivity index (χ3n) is 13.4. The molecule has 6 aliphatic rings. The van der Waals surface area contributed by atoms with Crippen LogP contribution < -0.4 is 30.7 Å². The van der Waals surface area contributed by atoms with Gasteiger partial charge in [0, 0.05) is 85.8 Å². The van der Waals surface area contributed by atoms with Gasteiger partial charge in [-0.3, -0.25) is 24.5 Å². The molecule has 1 spiro atoms. The Kier molecular flexibility index (Phi) is 12.2. The Labute approximate surface area is 372 Å². The van der Waals surface area contributed by atoms with Gasteiger partial charge < -0.3 is 44.4 Å². The van der Waals surface area contributed by atoms with Gasteiger partial charge >= 0.3 is 0 Å². The second-order valence-corrected chi connectivity index (χ2v) is 18.4. The van der Waals surface area contributed by atoms with E-state index in [0.29, 0.717) is 47.8 Å². The maximum absolute atomic E-state index is 13.2. The summed E-state index contributed by atoms with van der Waals surface area (Å²) >= 11 is 6.66. The van der Waals surface area contributed by atoms with Crippen molar-refractivity contribution in [3.05, 3.63) is 70.1 Å². The number of nitrogens with one attached hydrogen (secondary N) is 3. The molecule has 9 rings (SSSR count). The molecule has 334 valence electrons. The maximum Gasteiger partial charge on any atom is 0.257 e. The first kappa shape index (κ1) is 42.8. The molecule has 5 aliphatic heterocycles. The number of likely N-dealkylation sites (N-methyl/N-ethyl adjacent to an activating group) is 1. The molecule has 6 heterocycles. The van der Waals surface area contributed by atoms with Gasteiger partial charge in [-0.1, -0.05) is 11.6 Å². The first-order chi connectivity index (χ1) is 30.4. The van der Waals surface area contributed by atoms with Crippen molar-refractivity contribution in [2.24, 2.45) is 5.41 Å². The van der Waals surface area contributed by atoms with Gasteiger partial charge in [-0.25, -0.2) is 4.98 Å². The Hall–Kier alpha value is -5.45. The standard InChI is InChI=1S/C46H56ClN9O7/c1-28(2)56-27-61-23-35(62-24-41(58)48-3)20-29-18-31(4-7-38(29)56)50-42-37(47)21-49-45(52-42)53-16-12-34(13-17-53)63-33-10-14-46(15-11-33)25-54(26-46)32-5-6-36-30(19-32)22-55(44(36)60)39-8-9-40(57)51-43(39)59/h4-7,18-21,28,33-34,39H,8-17,22-27H2,1-3H3,(H,48,58)(H,49,50,52)(H,51,57,59)/b35-20+. The fourth-order valence-electron chi connectivity index (χ4n) is 9.84. The summed E-state index contributed by atoms with van der Waals surface area (Å²) in [5.41, 5.74) is 5.68. The smallest absolute Gasteiger partial charge is 0.257 e. The molecule has 4 amide bonds. The molecule has 1 atom stereocenters. The number of amides is 4. The van der Waals surface area contributed by atoms with Crippen LogP contribution in [0.5, 0.6) is 0 Å². The molecular weight excluding hydrogens is 826 g/mol. The Morgan fingerprint density at radius 1 is 1.02 bits per heavy atom. The van der Waals surface area contributed by atoms with Crippen molar-refractivity contribution in [1.29, 1.82) is 0 Å². The van der Waals surface area contributed by atoms with E-state index in [-0.39, 0.29) is 66.9 Å². The van der Waals surface area contributed by atoms with Crippen molar-refractivity contribution < 1.29 is 33.4 Å². The fraction of sp³-hybridized carbons (Fsp3) is 0.522. The lowest BCUT2D eigenvalue weighted by Crippen LogP contribution is -2.58. The van der Waals surface area contributed by atoms with E-state index in [0.717, 1.165) is 92.9 Å². The van der Waals surface area contributed by atoms with Crippen LogP contribution in [0.2, 0.25) is 5.02 Å². The third-order valence-corrected chi connectivity index (χ3v) is 13.7. The summed E-state index contributed by atoms with van der Waals surface area (Å²) in [7, 11) is 1.58. The van der Waals surface area contributed by atoms with Crippen molar-refractivity contribution in [2.75, 3.05) is 73.2 Å². The number of rotatable bonds is 11. The summed E-state index contributed by atoms with van der Waals surface area (Å²) < 4.78 is 18.4. The minimum absolute atomic E-state index is 0.0977. The number of aromatic nitrogens is 2. The van der Waals surface area contributed by atoms with Crippen LogP contribution in [0.25, 0.3) is 6.08 Å². The molecule has 17 heteroatoms. The number of carbonyl (C=O) groups excluding carboxylic acids is 4. The molecule has 16 nitrogen and oxygen atoms in total. The summed E-state index contributed by atoms with van der Waals surface area (Å²) in [5, 5.41) is 8.80. The van der Waals surface area contributed by atoms with E-state index in [2.05, 4.69) is 55.5 Å². The normalized spacial score (nSPS) is 22.5. The van der Waals surface area contributed by atoms with Crippen LogP contribution in [0.3, 0.4) is 0 Å². The van der Waals surface area contributed by atoms with Crippen molar-refractivity contribution in [1.82, 2.24) is 25.5 Å². The molecule has 1 aliphatic carbocycles. The monoisotopic (exact) mass is 881 g/mol. The van der Waals surface area contributed by atoms with Crippen LogP contribution in [-0.2, 0) is 35.1 Å². The lowest BCUT2D eigenvalue weighted by molar-refractivity contribution is -0.137. The number of carbonyl (C=O) groups is 4. The summed E-state index contributed by atoms with van der Waals surface area (Å²) in [5.74, 6) is 0.674. The number of nitrogens with zero attached hydrogens (tertiary/aromatic N) is 6. The molecule has 4 fully saturated rings. The lowest BCUT2D eigenvalue weighted by atomic mass is 9.67. The molecule has 1 unspecified atom stereocenters. The second kappa shape index (κ2) is 18.0. The molecule has 0 radical (unpaired) electrons. The number of hydrogen-bond donors (Lipinski definition) is 3. The number of hydrogen-bond acceptors (Lipinski definition) is 13. The predicted octanol–water partition coefficient (Wildman–Crippen LogP) is 5.38. The average molecular weight is 882 g/mol. The Morgan fingerprint density at radius 2 is 1.79 bits per heavy atom. The molecule has 3 N–H and O–H groups in total. The third kappa shape index (κ3) is 9.16. The molecule has 63 heavy (non-hydrogen) atoms. The largest absolute Gasteiger partial charge is 0.486 e. The van der Waals surface area contributed by atoms with E-state index in [4.69, 9.17) is 30.8 Å². The molecule has 1 saturated carbocycles. The van der Waals surface area contributed by atoms with Crippen molar-refractivity contribution >= 4 is 70.1 Å². The van der Waals surface area contributed by atoms with Gasteiger partial charge in [-0.2, -0.15) is 4.98 Å². The summed E-state index contributed by atoms with van der Waals surface area (Å²) in [4.78, 5) is 67.1. The number of benzene rings is 2. The van der Waals surface area contributed by atoms with E-state index >= 15 is 0 Å². The fourth-order valence-corrected chi connectivity index (χ4v) is 9.98. The second-order valence-electron chi connectivity index (χ2n) is 18.0. The van der Waals surface area contributed by atoms with Crippen LogP contribution in [0.4, 0.5) is 28.8 Å². The van der Waals surface area contributed by atoms with Gasteiger partial charge in [0.2, 0.25) is 17.8 Å². The SMILES string of the molecule is CNC(=O)CO/C1=C/c2cc(Nc3nc(N4CCC(OC5CCC6(CC5)CN(c5ccc7c(c5)CN(C5CCC(=O)NC5=O)C7=O)C6)CC4)ncc3Cl)ccc2N(C(C)C)COC1. The lowest BCUT2D eigenvalue weighted by Gasteiger charge is -2.54. The first-order valence-electron chi connectivity index (χ1n) is 22.2. The van der Waals surface area contributed by atoms with Gasteiger partial charge in [0.1, 0.15) is 30.2 Å². The highest BCUT2D eigenvalue weighted by atomic mass is 35.5. The van der Waals surface area contributed by atoms with Gasteiger partial charge in [-0.15, -0.1) is 0 Å². The van der Waals surface area contributed by atoms with Gasteiger partial charge in [-0.05, 0) is 107 Å². The van der Waals surface area contributed by atoms with Crippen LogP contribution in [0, 0.1) is 5.41 Å². The number of fused-ring (bicyclic) bond motifs is 2. The summed E-state index contributed by atoms with van der Waals surface area (Å²) in [6, 6.07) is 11.7. The zero-order chi connectivity index (χ0) is 43.8. The molecule has 2 aromatic carbocycles. The Bertz CT molecular complexity index is 2280. The number of halogens is 1. The van der Waals surface area contributed by atoms with Crippen LogP contribution in [0.15, 0.2) is 48.4 Å². The Morgan fingerprint density at radius 3 is 2.54 bits per heavy atom. The van der Waals surface area contributed by atoms with E-state index in [1.165, 1.54) is 0 Å². The number of imide groups is 1. The molecule has 3 aromatic rings. The first-order valence-corrected chi connectivity index (χ1v) is 22.6. The van der Waals surface area contributed by atoms with E-state index in [9.17, 15) is 19.2 Å². The average Bonchev–Trinajstić information content (AvgIpc) is 3.58. The molecular formula is C46H56ClN9O7. The Balaban J connectivity index is 0.757. The highest BCUT2D eigenvalue weighted by Crippen LogP contribution is 2.47. The zero-order valence-electron chi connectivity index (χ0n) is 36.2. The number of anilines is 5. The minimum Gasteiger partial charge on any atom is -0.486 e. The van der Waals surface area contributed by atoms with Crippen LogP contribution in [-0.4, -0.2) is 116 Å². The van der Waals surface area contributed by atoms with Gasteiger partial charge in [0.25, 0.3) is 11.8 Å². The summed E-state index contributed by atoms with van der Waals surface area (Å²) in [6.45, 7) is 8.69. The predicted molar refractivity (Wildman–Crippen MR) is 239 cm³/mol. The van der Waals surface area contributed by atoms with Crippen LogP contribution >= 0.6 is 11.6 Å².